The van der Waals surface area contributed by atoms with E-state index in [0.717, 1.165) is 55.3 Å². The molecule has 18 aromatic rings. The number of hydrogen-bond acceptors (Lipinski definition) is 2. The maximum atomic E-state index is 13.8. The van der Waals surface area contributed by atoms with Gasteiger partial charge in [-0.25, -0.2) is 8.78 Å². The molecule has 0 aliphatic rings. The van der Waals surface area contributed by atoms with E-state index in [1.807, 2.05) is 60.7 Å². The molecular formula is C92H63BrF2N4. The molecule has 0 aliphatic carbocycles. The van der Waals surface area contributed by atoms with Crippen molar-refractivity contribution in [3.8, 4) is 55.9 Å². The number of nitrogens with one attached hydrogen (secondary N) is 1. The number of halogens is 3. The van der Waals surface area contributed by atoms with Crippen molar-refractivity contribution >= 4 is 110 Å². The van der Waals surface area contributed by atoms with E-state index in [2.05, 4.69) is 314 Å². The highest BCUT2D eigenvalue weighted by Gasteiger charge is 2.19. The van der Waals surface area contributed by atoms with Crippen molar-refractivity contribution < 1.29 is 8.78 Å². The fraction of sp³-hybridized carbons (Fsp3) is 0. The third kappa shape index (κ3) is 12.6. The zero-order valence-electron chi connectivity index (χ0n) is 53.8. The van der Waals surface area contributed by atoms with E-state index in [4.69, 9.17) is 0 Å². The standard InChI is InChI=1S/C46H31FN2.C34H22BrN.C12H10FN/c47-37-22-26-41(27-23-37)48(38-13-3-1-4-14-38)40-24-18-32(19-25-40)34-11-9-12-35(30-34)36-21-28-43-44-29-20-33-10-7-8-17-42(33)46(44)49(45(43)31-36)39-15-5-2-6-16-39;35-28-17-13-23(14-18-28)25-8-6-9-26(21-25)27-16-19-31-32-20-15-24-7-4-5-12-30(24)34(32)36(33(31)22-27)29-10-2-1-3-11-29;13-10-6-8-12(9-7-10)14-11-4-2-1-3-5-11/h1-31H;1-22H;1-9,14H. The first-order valence-corrected chi connectivity index (χ1v) is 33.9. The summed E-state index contributed by atoms with van der Waals surface area (Å²) >= 11 is 3.55. The predicted octanol–water partition coefficient (Wildman–Crippen LogP) is 26.5. The number of hydrogen-bond donors (Lipinski definition) is 1. The third-order valence-corrected chi connectivity index (χ3v) is 18.9. The monoisotopic (exact) mass is 1340 g/mol. The van der Waals surface area contributed by atoms with Crippen LogP contribution in [0.2, 0.25) is 0 Å². The van der Waals surface area contributed by atoms with Gasteiger partial charge in [-0.2, -0.15) is 0 Å². The molecule has 1 N–H and O–H groups in total. The van der Waals surface area contributed by atoms with Gasteiger partial charge in [0.15, 0.2) is 0 Å². The van der Waals surface area contributed by atoms with Gasteiger partial charge in [-0.3, -0.25) is 0 Å². The molecule has 18 rings (SSSR count). The number of aromatic nitrogens is 2. The van der Waals surface area contributed by atoms with Crippen molar-refractivity contribution in [1.29, 1.82) is 0 Å². The Hall–Kier alpha value is -12.4. The van der Waals surface area contributed by atoms with Crippen molar-refractivity contribution in [2.75, 3.05) is 10.2 Å². The maximum Gasteiger partial charge on any atom is 0.123 e. The Morgan fingerprint density at radius 1 is 0.253 bits per heavy atom. The lowest BCUT2D eigenvalue weighted by atomic mass is 9.98. The van der Waals surface area contributed by atoms with Crippen LogP contribution in [-0.2, 0) is 0 Å². The minimum absolute atomic E-state index is 0.219. The number of para-hydroxylation sites is 4. The molecule has 0 bridgehead atoms. The SMILES string of the molecule is Brc1ccc(-c2cccc(-c3ccc4c5ccc6ccccc6c5n(-c5ccccc5)c4c3)c2)cc1.Fc1ccc(N(c2ccccc2)c2ccc(-c3cccc(-c4ccc5c6ccc7ccccc7c6n(-c6ccccc6)c5c4)c3)cc2)cc1.Fc1ccc(Nc2ccccc2)cc1. The van der Waals surface area contributed by atoms with Crippen LogP contribution >= 0.6 is 15.9 Å². The fourth-order valence-electron chi connectivity index (χ4n) is 13.6. The van der Waals surface area contributed by atoms with E-state index >= 15 is 0 Å². The molecule has 0 aliphatic heterocycles. The molecule has 0 atom stereocenters. The minimum atomic E-state index is -0.249. The van der Waals surface area contributed by atoms with E-state index in [9.17, 15) is 8.78 Å². The number of fused-ring (bicyclic) bond motifs is 10. The fourth-order valence-corrected chi connectivity index (χ4v) is 13.9. The zero-order chi connectivity index (χ0) is 66.6. The number of rotatable bonds is 11. The molecule has 2 heterocycles. The van der Waals surface area contributed by atoms with Crippen molar-refractivity contribution in [3.63, 3.8) is 0 Å². The summed E-state index contributed by atoms with van der Waals surface area (Å²) in [5.74, 6) is -0.468. The van der Waals surface area contributed by atoms with Gasteiger partial charge in [-0.05, 0) is 201 Å². The van der Waals surface area contributed by atoms with Gasteiger partial charge in [0.25, 0.3) is 0 Å². The molecule has 0 saturated heterocycles. The van der Waals surface area contributed by atoms with Crippen molar-refractivity contribution in [2.45, 2.75) is 0 Å². The summed E-state index contributed by atoms with van der Waals surface area (Å²) in [6.45, 7) is 0. The second-order valence-electron chi connectivity index (χ2n) is 24.5. The molecule has 0 radical (unpaired) electrons. The quantitative estimate of drug-likeness (QED) is 0.140. The summed E-state index contributed by atoms with van der Waals surface area (Å²) in [4.78, 5) is 2.14. The van der Waals surface area contributed by atoms with Crippen LogP contribution in [0.15, 0.2) is 381 Å². The molecule has 472 valence electrons. The lowest BCUT2D eigenvalue weighted by Gasteiger charge is -2.25. The third-order valence-electron chi connectivity index (χ3n) is 18.4. The van der Waals surface area contributed by atoms with Gasteiger partial charge in [0, 0.05) is 76.6 Å². The highest BCUT2D eigenvalue weighted by Crippen LogP contribution is 2.42. The Morgan fingerprint density at radius 3 is 1.07 bits per heavy atom. The van der Waals surface area contributed by atoms with E-state index < -0.39 is 0 Å². The molecule has 7 heteroatoms. The Labute approximate surface area is 582 Å². The van der Waals surface area contributed by atoms with E-state index in [1.54, 1.807) is 12.1 Å². The molecule has 0 unspecified atom stereocenters. The Balaban J connectivity index is 0.000000133. The van der Waals surface area contributed by atoms with Gasteiger partial charge in [0.1, 0.15) is 11.6 Å². The number of anilines is 5. The van der Waals surface area contributed by atoms with Gasteiger partial charge in [0.2, 0.25) is 0 Å². The highest BCUT2D eigenvalue weighted by molar-refractivity contribution is 9.10. The first kappa shape index (κ1) is 61.5. The molecule has 4 nitrogen and oxygen atoms in total. The van der Waals surface area contributed by atoms with Crippen LogP contribution in [0.1, 0.15) is 0 Å². The van der Waals surface area contributed by atoms with E-state index in [-0.39, 0.29) is 11.6 Å². The normalized spacial score (nSPS) is 11.2. The molecule has 99 heavy (non-hydrogen) atoms. The maximum absolute atomic E-state index is 13.8. The lowest BCUT2D eigenvalue weighted by Crippen LogP contribution is -2.09. The second-order valence-corrected chi connectivity index (χ2v) is 25.4. The summed E-state index contributed by atoms with van der Waals surface area (Å²) in [6.07, 6.45) is 0. The van der Waals surface area contributed by atoms with Crippen LogP contribution in [0.25, 0.3) is 121 Å². The van der Waals surface area contributed by atoms with Crippen molar-refractivity contribution in [3.05, 3.63) is 392 Å². The Morgan fingerprint density at radius 2 is 0.596 bits per heavy atom. The number of nitrogens with zero attached hydrogens (tertiary/aromatic N) is 3. The molecule has 0 fully saturated rings. The van der Waals surface area contributed by atoms with Crippen molar-refractivity contribution in [2.24, 2.45) is 0 Å². The van der Waals surface area contributed by atoms with Crippen LogP contribution in [-0.4, -0.2) is 9.13 Å². The van der Waals surface area contributed by atoms with Crippen molar-refractivity contribution in [1.82, 2.24) is 9.13 Å². The van der Waals surface area contributed by atoms with Gasteiger partial charge >= 0.3 is 0 Å². The molecular weight excluding hydrogens is 1280 g/mol. The van der Waals surface area contributed by atoms with Gasteiger partial charge in [-0.15, -0.1) is 0 Å². The van der Waals surface area contributed by atoms with Crippen LogP contribution in [0, 0.1) is 11.6 Å². The summed E-state index contributed by atoms with van der Waals surface area (Å²) in [7, 11) is 0. The van der Waals surface area contributed by atoms with Gasteiger partial charge in [-0.1, -0.05) is 246 Å². The largest absolute Gasteiger partial charge is 0.356 e. The van der Waals surface area contributed by atoms with Crippen LogP contribution in [0.4, 0.5) is 37.2 Å². The van der Waals surface area contributed by atoms with Gasteiger partial charge in [0.05, 0.1) is 22.1 Å². The molecule has 0 saturated carbocycles. The molecule has 0 spiro atoms. The Kier molecular flexibility index (Phi) is 17.0. The molecule has 0 amide bonds. The van der Waals surface area contributed by atoms with Gasteiger partial charge < -0.3 is 19.4 Å². The van der Waals surface area contributed by atoms with E-state index in [0.29, 0.717) is 0 Å². The lowest BCUT2D eigenvalue weighted by molar-refractivity contribution is 0.627. The Bertz CT molecular complexity index is 5880. The highest BCUT2D eigenvalue weighted by atomic mass is 79.9. The molecule has 2 aromatic heterocycles. The van der Waals surface area contributed by atoms with E-state index in [1.165, 1.54) is 123 Å². The summed E-state index contributed by atoms with van der Waals surface area (Å²) in [6, 6.07) is 129. The summed E-state index contributed by atoms with van der Waals surface area (Å²) < 4.78 is 32.3. The topological polar surface area (TPSA) is 25.1 Å². The number of benzene rings is 16. The smallest absolute Gasteiger partial charge is 0.123 e. The minimum Gasteiger partial charge on any atom is -0.356 e. The average molecular weight is 1340 g/mol. The van der Waals surface area contributed by atoms with Crippen LogP contribution < -0.4 is 10.2 Å². The summed E-state index contributed by atoms with van der Waals surface area (Å²) in [5.41, 5.74) is 21.5. The zero-order valence-corrected chi connectivity index (χ0v) is 55.4. The first-order valence-electron chi connectivity index (χ1n) is 33.1. The first-order chi connectivity index (χ1) is 48.8. The van der Waals surface area contributed by atoms with Crippen LogP contribution in [0.5, 0.6) is 0 Å². The predicted molar refractivity (Wildman–Crippen MR) is 417 cm³/mol. The average Bonchev–Trinajstić information content (AvgIpc) is 1.58. The second kappa shape index (κ2) is 27.4. The molecule has 16 aromatic carbocycles. The summed E-state index contributed by atoms with van der Waals surface area (Å²) in [5, 5.41) is 13.2. The van der Waals surface area contributed by atoms with Crippen LogP contribution in [0.3, 0.4) is 0 Å².